The summed E-state index contributed by atoms with van der Waals surface area (Å²) in [6.07, 6.45) is 2.84. The van der Waals surface area contributed by atoms with E-state index in [-0.39, 0.29) is 30.4 Å². The van der Waals surface area contributed by atoms with Gasteiger partial charge in [0.1, 0.15) is 11.8 Å². The molecule has 1 aromatic heterocycles. The molecule has 2 aromatic rings. The second-order valence-electron chi connectivity index (χ2n) is 9.41. The number of hydrogen-bond acceptors (Lipinski definition) is 6. The standard InChI is InChI=1S/C26H31N3O5S/c1-18-6-2-3-8-20(18)24(31)29-21(23(30)27-16-19-7-4-14-33-19)17-34-26(29)10-12-28(13-11-26)25(32)22-9-5-15-35-22/h2-3,5-6,8-9,15,19,21H,4,7,10-14,16-17H2,1H3,(H,27,30)/t19-,21-/m0/s1. The molecule has 0 saturated carbocycles. The highest BCUT2D eigenvalue weighted by Gasteiger charge is 2.54. The lowest BCUT2D eigenvalue weighted by Crippen LogP contribution is -2.60. The number of hydrogen-bond donors (Lipinski definition) is 1. The third-order valence-electron chi connectivity index (χ3n) is 7.25. The molecule has 3 aliphatic heterocycles. The molecule has 9 heteroatoms. The first-order chi connectivity index (χ1) is 17.0. The molecular weight excluding hydrogens is 466 g/mol. The maximum Gasteiger partial charge on any atom is 0.263 e. The van der Waals surface area contributed by atoms with E-state index in [1.807, 2.05) is 47.5 Å². The Balaban J connectivity index is 1.36. The summed E-state index contributed by atoms with van der Waals surface area (Å²) in [7, 11) is 0. The van der Waals surface area contributed by atoms with E-state index in [2.05, 4.69) is 5.32 Å². The van der Waals surface area contributed by atoms with Gasteiger partial charge in [-0.15, -0.1) is 11.3 Å². The lowest BCUT2D eigenvalue weighted by molar-refractivity contribution is -0.128. The smallest absolute Gasteiger partial charge is 0.263 e. The van der Waals surface area contributed by atoms with Gasteiger partial charge in [0, 0.05) is 44.6 Å². The Morgan fingerprint density at radius 3 is 2.60 bits per heavy atom. The first-order valence-corrected chi connectivity index (χ1v) is 13.1. The van der Waals surface area contributed by atoms with Crippen LogP contribution in [0.5, 0.6) is 0 Å². The Morgan fingerprint density at radius 2 is 1.91 bits per heavy atom. The van der Waals surface area contributed by atoms with Crippen molar-refractivity contribution in [1.82, 2.24) is 15.1 Å². The Kier molecular flexibility index (Phi) is 6.91. The van der Waals surface area contributed by atoms with Gasteiger partial charge in [0.2, 0.25) is 5.91 Å². The Morgan fingerprint density at radius 1 is 1.11 bits per heavy atom. The number of aryl methyl sites for hydroxylation is 1. The van der Waals surface area contributed by atoms with E-state index in [1.54, 1.807) is 11.0 Å². The van der Waals surface area contributed by atoms with E-state index >= 15 is 0 Å². The van der Waals surface area contributed by atoms with Gasteiger partial charge in [-0.1, -0.05) is 24.3 Å². The number of amides is 3. The van der Waals surface area contributed by atoms with E-state index in [0.29, 0.717) is 42.9 Å². The lowest BCUT2D eigenvalue weighted by atomic mass is 9.95. The van der Waals surface area contributed by atoms with Crippen LogP contribution >= 0.6 is 11.3 Å². The van der Waals surface area contributed by atoms with E-state index in [4.69, 9.17) is 9.47 Å². The van der Waals surface area contributed by atoms with Crippen molar-refractivity contribution in [3.63, 3.8) is 0 Å². The summed E-state index contributed by atoms with van der Waals surface area (Å²) in [6.45, 7) is 4.09. The highest BCUT2D eigenvalue weighted by Crippen LogP contribution is 2.39. The first kappa shape index (κ1) is 24.0. The summed E-state index contributed by atoms with van der Waals surface area (Å²) < 4.78 is 11.9. The summed E-state index contributed by atoms with van der Waals surface area (Å²) in [5.74, 6) is -0.442. The van der Waals surface area contributed by atoms with Gasteiger partial charge >= 0.3 is 0 Å². The third-order valence-corrected chi connectivity index (χ3v) is 8.11. The van der Waals surface area contributed by atoms with Crippen LogP contribution in [0.3, 0.4) is 0 Å². The molecule has 2 atom stereocenters. The van der Waals surface area contributed by atoms with E-state index in [1.165, 1.54) is 11.3 Å². The molecule has 3 amide bonds. The van der Waals surface area contributed by atoms with Gasteiger partial charge in [-0.3, -0.25) is 19.3 Å². The average molecular weight is 498 g/mol. The number of carbonyl (C=O) groups excluding carboxylic acids is 3. The van der Waals surface area contributed by atoms with Crippen LogP contribution in [0, 0.1) is 6.92 Å². The minimum atomic E-state index is -0.919. The topological polar surface area (TPSA) is 88.2 Å². The molecule has 1 spiro atoms. The second kappa shape index (κ2) is 10.1. The van der Waals surface area contributed by atoms with Crippen LogP contribution < -0.4 is 5.32 Å². The number of benzene rings is 1. The fourth-order valence-corrected chi connectivity index (χ4v) is 5.95. The van der Waals surface area contributed by atoms with E-state index in [9.17, 15) is 14.4 Å². The lowest BCUT2D eigenvalue weighted by Gasteiger charge is -2.44. The van der Waals surface area contributed by atoms with Crippen LogP contribution in [0.25, 0.3) is 0 Å². The summed E-state index contributed by atoms with van der Waals surface area (Å²) in [5, 5.41) is 4.87. The number of likely N-dealkylation sites (tertiary alicyclic amines) is 1. The zero-order valence-electron chi connectivity index (χ0n) is 19.9. The van der Waals surface area contributed by atoms with Gasteiger partial charge in [0.15, 0.2) is 0 Å². The molecular formula is C26H31N3O5S. The molecule has 3 fully saturated rings. The van der Waals surface area contributed by atoms with Gasteiger partial charge in [0.05, 0.1) is 17.6 Å². The molecule has 186 valence electrons. The largest absolute Gasteiger partial charge is 0.376 e. The van der Waals surface area contributed by atoms with Crippen molar-refractivity contribution >= 4 is 29.1 Å². The van der Waals surface area contributed by atoms with Gasteiger partial charge in [0.25, 0.3) is 11.8 Å². The number of rotatable bonds is 5. The molecule has 5 rings (SSSR count). The van der Waals surface area contributed by atoms with E-state index < -0.39 is 11.8 Å². The van der Waals surface area contributed by atoms with Gasteiger partial charge < -0.3 is 19.7 Å². The minimum Gasteiger partial charge on any atom is -0.376 e. The quantitative estimate of drug-likeness (QED) is 0.686. The number of nitrogens with one attached hydrogen (secondary N) is 1. The molecule has 0 unspecified atom stereocenters. The maximum atomic E-state index is 13.9. The second-order valence-corrected chi connectivity index (χ2v) is 10.4. The van der Waals surface area contributed by atoms with Gasteiger partial charge in [-0.05, 0) is 42.8 Å². The molecule has 35 heavy (non-hydrogen) atoms. The van der Waals surface area contributed by atoms with Gasteiger partial charge in [-0.25, -0.2) is 0 Å². The van der Waals surface area contributed by atoms with Crippen LogP contribution in [-0.2, 0) is 14.3 Å². The Hall–Kier alpha value is -2.75. The molecule has 4 heterocycles. The molecule has 3 saturated heterocycles. The highest BCUT2D eigenvalue weighted by molar-refractivity contribution is 7.12. The van der Waals surface area contributed by atoms with Crippen molar-refractivity contribution in [2.45, 2.75) is 50.5 Å². The third kappa shape index (κ3) is 4.72. The van der Waals surface area contributed by atoms with Crippen LogP contribution in [0.1, 0.15) is 51.3 Å². The van der Waals surface area contributed by atoms with Crippen molar-refractivity contribution in [2.75, 3.05) is 32.8 Å². The van der Waals surface area contributed by atoms with Crippen molar-refractivity contribution in [1.29, 1.82) is 0 Å². The number of ether oxygens (including phenoxy) is 2. The zero-order chi connectivity index (χ0) is 24.4. The molecule has 1 N–H and O–H groups in total. The van der Waals surface area contributed by atoms with Crippen molar-refractivity contribution in [2.24, 2.45) is 0 Å². The Labute approximate surface area is 209 Å². The Bertz CT molecular complexity index is 1070. The van der Waals surface area contributed by atoms with Gasteiger partial charge in [-0.2, -0.15) is 0 Å². The van der Waals surface area contributed by atoms with Crippen LogP contribution in [0.2, 0.25) is 0 Å². The van der Waals surface area contributed by atoms with Crippen LogP contribution in [0.15, 0.2) is 41.8 Å². The first-order valence-electron chi connectivity index (χ1n) is 12.2. The SMILES string of the molecule is Cc1ccccc1C(=O)N1[C@H](C(=O)NC[C@@H]2CCCO2)COC12CCN(C(=O)c1cccs1)CC2. The molecule has 0 radical (unpaired) electrons. The molecule has 1 aromatic carbocycles. The number of piperidine rings is 1. The normalized spacial score (nSPS) is 23.6. The highest BCUT2D eigenvalue weighted by atomic mass is 32.1. The maximum absolute atomic E-state index is 13.9. The monoisotopic (exact) mass is 497 g/mol. The van der Waals surface area contributed by atoms with Crippen molar-refractivity contribution < 1.29 is 23.9 Å². The molecule has 0 aliphatic carbocycles. The minimum absolute atomic E-state index is 0.00418. The van der Waals surface area contributed by atoms with Crippen molar-refractivity contribution in [3.05, 3.63) is 57.8 Å². The molecule has 3 aliphatic rings. The van der Waals surface area contributed by atoms with Crippen LogP contribution in [-0.4, -0.2) is 78.2 Å². The number of thiophene rings is 1. The van der Waals surface area contributed by atoms with E-state index in [0.717, 1.165) is 25.0 Å². The molecule has 8 nitrogen and oxygen atoms in total. The van der Waals surface area contributed by atoms with Crippen LogP contribution in [0.4, 0.5) is 0 Å². The number of carbonyl (C=O) groups is 3. The average Bonchev–Trinajstić information content (AvgIpc) is 3.64. The summed E-state index contributed by atoms with van der Waals surface area (Å²) in [4.78, 5) is 44.2. The summed E-state index contributed by atoms with van der Waals surface area (Å²) in [6, 6.07) is 10.4. The fourth-order valence-electron chi connectivity index (χ4n) is 5.26. The summed E-state index contributed by atoms with van der Waals surface area (Å²) >= 11 is 1.42. The predicted octanol–water partition coefficient (Wildman–Crippen LogP) is 2.83. The zero-order valence-corrected chi connectivity index (χ0v) is 20.7. The van der Waals surface area contributed by atoms with Crippen molar-refractivity contribution in [3.8, 4) is 0 Å². The molecule has 0 bridgehead atoms. The fraction of sp³-hybridized carbons (Fsp3) is 0.500. The summed E-state index contributed by atoms with van der Waals surface area (Å²) in [5.41, 5.74) is 0.493. The number of nitrogens with zero attached hydrogens (tertiary/aromatic N) is 2. The predicted molar refractivity (Wildman–Crippen MR) is 131 cm³/mol.